The summed E-state index contributed by atoms with van der Waals surface area (Å²) >= 11 is 0. The summed E-state index contributed by atoms with van der Waals surface area (Å²) in [6.45, 7) is 4.54. The van der Waals surface area contributed by atoms with Crippen LogP contribution >= 0.6 is 0 Å². The van der Waals surface area contributed by atoms with Crippen molar-refractivity contribution in [2.75, 3.05) is 13.6 Å². The number of rotatable bonds is 6. The van der Waals surface area contributed by atoms with E-state index in [1.807, 2.05) is 13.8 Å². The SMILES string of the molecule is CC(C)CCN(C)S(=O)(=O)C1CCCC1C(=O)O. The molecular weight excluding hydrogens is 254 g/mol. The third kappa shape index (κ3) is 3.45. The molecule has 0 bridgehead atoms. The van der Waals surface area contributed by atoms with Gasteiger partial charge in [0.1, 0.15) is 0 Å². The lowest BCUT2D eigenvalue weighted by Crippen LogP contribution is -2.40. The molecule has 0 saturated heterocycles. The van der Waals surface area contributed by atoms with Gasteiger partial charge in [-0.1, -0.05) is 20.3 Å². The molecule has 0 aromatic heterocycles. The molecule has 0 amide bonds. The van der Waals surface area contributed by atoms with E-state index in [-0.39, 0.29) is 0 Å². The number of sulfonamides is 1. The van der Waals surface area contributed by atoms with Crippen LogP contribution < -0.4 is 0 Å². The van der Waals surface area contributed by atoms with E-state index >= 15 is 0 Å². The van der Waals surface area contributed by atoms with Crippen molar-refractivity contribution < 1.29 is 18.3 Å². The second kappa shape index (κ2) is 6.02. The Balaban J connectivity index is 2.76. The Labute approximate surface area is 109 Å². The van der Waals surface area contributed by atoms with Crippen LogP contribution in [0, 0.1) is 11.8 Å². The van der Waals surface area contributed by atoms with Crippen molar-refractivity contribution in [3.63, 3.8) is 0 Å². The standard InChI is InChI=1S/C12H23NO4S/c1-9(2)7-8-13(3)18(16,17)11-6-4-5-10(11)12(14)15/h9-11H,4-8H2,1-3H3,(H,14,15). The van der Waals surface area contributed by atoms with Crippen LogP contribution in [0.25, 0.3) is 0 Å². The molecule has 0 aromatic carbocycles. The predicted molar refractivity (Wildman–Crippen MR) is 69.8 cm³/mol. The lowest BCUT2D eigenvalue weighted by atomic mass is 10.1. The minimum absolute atomic E-state index is 0.432. The number of aliphatic carboxylic acids is 1. The van der Waals surface area contributed by atoms with Gasteiger partial charge in [0.05, 0.1) is 11.2 Å². The van der Waals surface area contributed by atoms with E-state index in [9.17, 15) is 13.2 Å². The van der Waals surface area contributed by atoms with Crippen molar-refractivity contribution >= 4 is 16.0 Å². The summed E-state index contributed by atoms with van der Waals surface area (Å²) in [5, 5.41) is 8.32. The lowest BCUT2D eigenvalue weighted by Gasteiger charge is -2.24. The van der Waals surface area contributed by atoms with Gasteiger partial charge in [-0.3, -0.25) is 4.79 Å². The van der Waals surface area contributed by atoms with Crippen LogP contribution in [0.5, 0.6) is 0 Å². The quantitative estimate of drug-likeness (QED) is 0.799. The zero-order chi connectivity index (χ0) is 13.9. The van der Waals surface area contributed by atoms with Crippen LogP contribution in [0.1, 0.15) is 39.5 Å². The van der Waals surface area contributed by atoms with E-state index < -0.39 is 27.2 Å². The Bertz CT molecular complexity index is 391. The van der Waals surface area contributed by atoms with Crippen molar-refractivity contribution in [1.82, 2.24) is 4.31 Å². The van der Waals surface area contributed by atoms with E-state index in [0.29, 0.717) is 31.7 Å². The Morgan fingerprint density at radius 1 is 1.39 bits per heavy atom. The van der Waals surface area contributed by atoms with Crippen molar-refractivity contribution in [3.05, 3.63) is 0 Å². The molecule has 6 heteroatoms. The first kappa shape index (κ1) is 15.4. The first-order valence-corrected chi connectivity index (χ1v) is 7.95. The molecule has 1 aliphatic carbocycles. The topological polar surface area (TPSA) is 74.7 Å². The molecule has 0 aliphatic heterocycles. The minimum Gasteiger partial charge on any atom is -0.481 e. The van der Waals surface area contributed by atoms with Gasteiger partial charge in [0.15, 0.2) is 0 Å². The molecular formula is C12H23NO4S. The largest absolute Gasteiger partial charge is 0.481 e. The first-order chi connectivity index (χ1) is 8.26. The summed E-state index contributed by atoms with van der Waals surface area (Å²) in [5.74, 6) is -1.30. The molecule has 2 atom stereocenters. The molecule has 0 spiro atoms. The van der Waals surface area contributed by atoms with Gasteiger partial charge in [0.25, 0.3) is 0 Å². The summed E-state index contributed by atoms with van der Waals surface area (Å²) in [7, 11) is -1.93. The van der Waals surface area contributed by atoms with E-state index in [1.54, 1.807) is 7.05 Å². The van der Waals surface area contributed by atoms with Gasteiger partial charge >= 0.3 is 5.97 Å². The van der Waals surface area contributed by atoms with Gasteiger partial charge in [0, 0.05) is 13.6 Å². The summed E-state index contributed by atoms with van der Waals surface area (Å²) in [6, 6.07) is 0. The maximum absolute atomic E-state index is 12.3. The Kier molecular flexibility index (Phi) is 5.16. The monoisotopic (exact) mass is 277 g/mol. The van der Waals surface area contributed by atoms with Crippen LogP contribution in [-0.4, -0.2) is 42.6 Å². The van der Waals surface area contributed by atoms with Gasteiger partial charge in [-0.2, -0.15) is 0 Å². The summed E-state index contributed by atoms with van der Waals surface area (Å²) in [6.07, 6.45) is 2.40. The maximum Gasteiger partial charge on any atom is 0.307 e. The Morgan fingerprint density at radius 2 is 2.00 bits per heavy atom. The van der Waals surface area contributed by atoms with Crippen molar-refractivity contribution in [1.29, 1.82) is 0 Å². The number of carboxylic acids is 1. The third-order valence-corrected chi connectivity index (χ3v) is 5.99. The fourth-order valence-corrected chi connectivity index (χ4v) is 4.32. The highest BCUT2D eigenvalue weighted by molar-refractivity contribution is 7.89. The minimum atomic E-state index is -3.48. The zero-order valence-electron chi connectivity index (χ0n) is 11.3. The van der Waals surface area contributed by atoms with Gasteiger partial charge < -0.3 is 5.11 Å². The molecule has 0 heterocycles. The fraction of sp³-hybridized carbons (Fsp3) is 0.917. The van der Waals surface area contributed by atoms with E-state index in [1.165, 1.54) is 4.31 Å². The van der Waals surface area contributed by atoms with E-state index in [4.69, 9.17) is 5.11 Å². The number of nitrogens with zero attached hydrogens (tertiary/aromatic N) is 1. The van der Waals surface area contributed by atoms with Gasteiger partial charge in [0.2, 0.25) is 10.0 Å². The first-order valence-electron chi connectivity index (χ1n) is 6.44. The molecule has 18 heavy (non-hydrogen) atoms. The molecule has 0 aromatic rings. The average molecular weight is 277 g/mol. The normalized spacial score (nSPS) is 24.9. The molecule has 0 radical (unpaired) electrons. The molecule has 1 fully saturated rings. The van der Waals surface area contributed by atoms with Gasteiger partial charge in [-0.15, -0.1) is 0 Å². The smallest absolute Gasteiger partial charge is 0.307 e. The summed E-state index contributed by atoms with van der Waals surface area (Å²) < 4.78 is 26.0. The average Bonchev–Trinajstić information content (AvgIpc) is 2.74. The van der Waals surface area contributed by atoms with Crippen molar-refractivity contribution in [2.45, 2.75) is 44.8 Å². The molecule has 1 N–H and O–H groups in total. The number of carboxylic acid groups (broad SMARTS) is 1. The fourth-order valence-electron chi connectivity index (χ4n) is 2.36. The third-order valence-electron chi connectivity index (χ3n) is 3.61. The van der Waals surface area contributed by atoms with Crippen LogP contribution in [0.2, 0.25) is 0 Å². The molecule has 106 valence electrons. The molecule has 1 aliphatic rings. The second-order valence-electron chi connectivity index (χ2n) is 5.46. The Hall–Kier alpha value is -0.620. The van der Waals surface area contributed by atoms with E-state index in [0.717, 1.165) is 6.42 Å². The number of hydrogen-bond donors (Lipinski definition) is 1. The Morgan fingerprint density at radius 3 is 2.50 bits per heavy atom. The molecule has 5 nitrogen and oxygen atoms in total. The molecule has 1 saturated carbocycles. The summed E-state index contributed by atoms with van der Waals surface area (Å²) in [5.41, 5.74) is 0. The van der Waals surface area contributed by atoms with E-state index in [2.05, 4.69) is 0 Å². The van der Waals surface area contributed by atoms with Crippen LogP contribution in [0.4, 0.5) is 0 Å². The lowest BCUT2D eigenvalue weighted by molar-refractivity contribution is -0.141. The second-order valence-corrected chi connectivity index (χ2v) is 7.72. The highest BCUT2D eigenvalue weighted by atomic mass is 32.2. The van der Waals surface area contributed by atoms with Gasteiger partial charge in [-0.05, 0) is 25.2 Å². The van der Waals surface area contributed by atoms with Crippen LogP contribution in [0.3, 0.4) is 0 Å². The highest BCUT2D eigenvalue weighted by Crippen LogP contribution is 2.32. The number of hydrogen-bond acceptors (Lipinski definition) is 3. The molecule has 2 unspecified atom stereocenters. The van der Waals surface area contributed by atoms with Crippen LogP contribution in [-0.2, 0) is 14.8 Å². The van der Waals surface area contributed by atoms with Crippen molar-refractivity contribution in [2.24, 2.45) is 11.8 Å². The van der Waals surface area contributed by atoms with Gasteiger partial charge in [-0.25, -0.2) is 12.7 Å². The predicted octanol–water partition coefficient (Wildman–Crippen LogP) is 1.55. The maximum atomic E-state index is 12.3. The van der Waals surface area contributed by atoms with Crippen LogP contribution in [0.15, 0.2) is 0 Å². The van der Waals surface area contributed by atoms with Crippen molar-refractivity contribution in [3.8, 4) is 0 Å². The number of carbonyl (C=O) groups is 1. The highest BCUT2D eigenvalue weighted by Gasteiger charge is 2.43. The zero-order valence-corrected chi connectivity index (χ0v) is 12.1. The summed E-state index contributed by atoms with van der Waals surface area (Å²) in [4.78, 5) is 11.1. The molecule has 1 rings (SSSR count).